The Morgan fingerprint density at radius 3 is 2.90 bits per heavy atom. The van der Waals surface area contributed by atoms with E-state index >= 15 is 0 Å². The number of amides is 1. The second-order valence-corrected chi connectivity index (χ2v) is 6.98. The van der Waals surface area contributed by atoms with Crippen LogP contribution in [0.4, 0.5) is 10.9 Å². The van der Waals surface area contributed by atoms with E-state index < -0.39 is 5.60 Å². The summed E-state index contributed by atoms with van der Waals surface area (Å²) in [4.78, 5) is 18.8. The second kappa shape index (κ2) is 4.89. The Kier molecular flexibility index (Phi) is 3.33. The van der Waals surface area contributed by atoms with Crippen LogP contribution < -0.4 is 11.1 Å². The number of anilines is 2. The molecule has 2 aliphatic rings. The van der Waals surface area contributed by atoms with Crippen molar-refractivity contribution in [3.63, 3.8) is 0 Å². The highest BCUT2D eigenvalue weighted by Crippen LogP contribution is 2.31. The molecule has 0 bridgehead atoms. The van der Waals surface area contributed by atoms with E-state index in [-0.39, 0.29) is 11.7 Å². The molecule has 20 heavy (non-hydrogen) atoms. The van der Waals surface area contributed by atoms with Gasteiger partial charge in [-0.1, -0.05) is 11.3 Å². The number of nitrogens with two attached hydrogens (primary N) is 1. The Labute approximate surface area is 122 Å². The fourth-order valence-electron chi connectivity index (χ4n) is 2.54. The van der Waals surface area contributed by atoms with Crippen molar-refractivity contribution in [2.45, 2.75) is 44.2 Å². The number of nitrogens with one attached hydrogen (secondary N) is 1. The minimum Gasteiger partial charge on any atom is -0.388 e. The molecule has 110 valence electrons. The van der Waals surface area contributed by atoms with Gasteiger partial charge in [0.15, 0.2) is 5.13 Å². The topological polar surface area (TPSA) is 91.5 Å². The molecule has 1 atom stereocenters. The van der Waals surface area contributed by atoms with Gasteiger partial charge in [0, 0.05) is 19.1 Å². The Morgan fingerprint density at radius 2 is 2.35 bits per heavy atom. The summed E-state index contributed by atoms with van der Waals surface area (Å²) in [5.41, 5.74) is 5.07. The lowest BCUT2D eigenvalue weighted by Crippen LogP contribution is -2.33. The molecular weight excluding hydrogens is 276 g/mol. The molecule has 1 amide bonds. The minimum absolute atomic E-state index is 0.126. The van der Waals surface area contributed by atoms with Gasteiger partial charge in [0.2, 0.25) is 0 Å². The van der Waals surface area contributed by atoms with Crippen molar-refractivity contribution < 1.29 is 9.90 Å². The molecule has 0 spiro atoms. The first-order valence-corrected chi connectivity index (χ1v) is 7.81. The lowest BCUT2D eigenvalue weighted by atomic mass is 9.93. The van der Waals surface area contributed by atoms with Crippen LogP contribution in [0.3, 0.4) is 0 Å². The van der Waals surface area contributed by atoms with E-state index in [2.05, 4.69) is 10.3 Å². The number of nitrogen functional groups attached to an aromatic ring is 1. The fourth-order valence-corrected chi connectivity index (χ4v) is 3.47. The van der Waals surface area contributed by atoms with E-state index in [9.17, 15) is 9.90 Å². The molecule has 2 fully saturated rings. The number of aromatic nitrogens is 1. The lowest BCUT2D eigenvalue weighted by molar-refractivity contribution is 0.0575. The summed E-state index contributed by atoms with van der Waals surface area (Å²) in [5.74, 6) is 0.160. The van der Waals surface area contributed by atoms with Crippen LogP contribution >= 0.6 is 11.3 Å². The van der Waals surface area contributed by atoms with Crippen molar-refractivity contribution in [2.75, 3.05) is 24.1 Å². The highest BCUT2D eigenvalue weighted by molar-refractivity contribution is 7.18. The Bertz CT molecular complexity index is 524. The number of aliphatic hydroxyl groups is 1. The molecule has 1 aromatic heterocycles. The maximum atomic E-state index is 12.4. The predicted octanol–water partition coefficient (Wildman–Crippen LogP) is 1.29. The smallest absolute Gasteiger partial charge is 0.267 e. The van der Waals surface area contributed by atoms with Gasteiger partial charge in [-0.15, -0.1) is 0 Å². The van der Waals surface area contributed by atoms with Crippen LogP contribution in [-0.2, 0) is 0 Å². The van der Waals surface area contributed by atoms with Crippen molar-refractivity contribution in [3.8, 4) is 0 Å². The zero-order valence-electron chi connectivity index (χ0n) is 11.6. The van der Waals surface area contributed by atoms with E-state index in [4.69, 9.17) is 5.73 Å². The molecule has 1 aliphatic heterocycles. The number of thiazole rings is 1. The molecule has 1 saturated heterocycles. The number of nitrogens with zero attached hydrogens (tertiary/aromatic N) is 2. The monoisotopic (exact) mass is 296 g/mol. The average molecular weight is 296 g/mol. The SMILES string of the molecule is CC1(O)CCN(C(=O)c2sc(NC3CCC3)nc2N)C1. The van der Waals surface area contributed by atoms with Gasteiger partial charge in [0.1, 0.15) is 10.7 Å². The van der Waals surface area contributed by atoms with Crippen molar-refractivity contribution >= 4 is 28.2 Å². The number of rotatable bonds is 3. The Morgan fingerprint density at radius 1 is 1.60 bits per heavy atom. The van der Waals surface area contributed by atoms with Crippen LogP contribution in [0.2, 0.25) is 0 Å². The van der Waals surface area contributed by atoms with Gasteiger partial charge in [0.25, 0.3) is 5.91 Å². The zero-order valence-corrected chi connectivity index (χ0v) is 12.4. The molecule has 1 aliphatic carbocycles. The van der Waals surface area contributed by atoms with Crippen molar-refractivity contribution in [1.29, 1.82) is 0 Å². The quantitative estimate of drug-likeness (QED) is 0.781. The molecule has 6 nitrogen and oxygen atoms in total. The summed E-state index contributed by atoms with van der Waals surface area (Å²) in [6.07, 6.45) is 4.15. The highest BCUT2D eigenvalue weighted by Gasteiger charge is 2.35. The van der Waals surface area contributed by atoms with Gasteiger partial charge < -0.3 is 21.1 Å². The molecule has 1 unspecified atom stereocenters. The normalized spacial score (nSPS) is 26.6. The van der Waals surface area contributed by atoms with Gasteiger partial charge in [-0.3, -0.25) is 4.79 Å². The second-order valence-electron chi connectivity index (χ2n) is 5.98. The van der Waals surface area contributed by atoms with Gasteiger partial charge in [-0.25, -0.2) is 4.98 Å². The van der Waals surface area contributed by atoms with Crippen LogP contribution in [0, 0.1) is 0 Å². The third-order valence-corrected chi connectivity index (χ3v) is 5.01. The third kappa shape index (κ3) is 2.60. The van der Waals surface area contributed by atoms with Crippen LogP contribution in [0.15, 0.2) is 0 Å². The van der Waals surface area contributed by atoms with Crippen LogP contribution in [0.25, 0.3) is 0 Å². The molecule has 1 aromatic rings. The van der Waals surface area contributed by atoms with E-state index in [1.165, 1.54) is 17.8 Å². The van der Waals surface area contributed by atoms with E-state index in [0.717, 1.165) is 18.0 Å². The molecule has 3 rings (SSSR count). The summed E-state index contributed by atoms with van der Waals surface area (Å²) in [6.45, 7) is 2.67. The summed E-state index contributed by atoms with van der Waals surface area (Å²) < 4.78 is 0. The summed E-state index contributed by atoms with van der Waals surface area (Å²) in [6, 6.07) is 0.469. The molecular formula is C13H20N4O2S. The van der Waals surface area contributed by atoms with E-state index in [1.54, 1.807) is 11.8 Å². The summed E-state index contributed by atoms with van der Waals surface area (Å²) in [7, 11) is 0. The number of carbonyl (C=O) groups excluding carboxylic acids is 1. The van der Waals surface area contributed by atoms with Crippen LogP contribution in [-0.4, -0.2) is 45.6 Å². The molecule has 2 heterocycles. The molecule has 1 saturated carbocycles. The number of hydrogen-bond acceptors (Lipinski definition) is 6. The van der Waals surface area contributed by atoms with Crippen molar-refractivity contribution in [2.24, 2.45) is 0 Å². The van der Waals surface area contributed by atoms with Crippen molar-refractivity contribution in [3.05, 3.63) is 4.88 Å². The fraction of sp³-hybridized carbons (Fsp3) is 0.692. The van der Waals surface area contributed by atoms with Gasteiger partial charge >= 0.3 is 0 Å². The number of likely N-dealkylation sites (tertiary alicyclic amines) is 1. The van der Waals surface area contributed by atoms with Gasteiger partial charge in [-0.05, 0) is 32.6 Å². The lowest BCUT2D eigenvalue weighted by Gasteiger charge is -2.25. The number of β-amino-alcohol motifs (C(OH)–C–C–N with tert-alkyl or cyclic N) is 1. The van der Waals surface area contributed by atoms with Crippen molar-refractivity contribution in [1.82, 2.24) is 9.88 Å². The molecule has 0 radical (unpaired) electrons. The average Bonchev–Trinajstić information content (AvgIpc) is 2.86. The van der Waals surface area contributed by atoms with Crippen LogP contribution in [0.5, 0.6) is 0 Å². The number of hydrogen-bond donors (Lipinski definition) is 3. The standard InChI is InChI=1S/C13H20N4O2S/c1-13(19)5-6-17(7-13)11(18)9-10(14)16-12(20-9)15-8-3-2-4-8/h8,19H,2-7,14H2,1H3,(H,15,16). The first kappa shape index (κ1) is 13.6. The highest BCUT2D eigenvalue weighted by atomic mass is 32.1. The summed E-state index contributed by atoms with van der Waals surface area (Å²) >= 11 is 1.31. The summed E-state index contributed by atoms with van der Waals surface area (Å²) in [5, 5.41) is 14.0. The first-order valence-electron chi connectivity index (χ1n) is 6.99. The Balaban J connectivity index is 1.71. The van der Waals surface area contributed by atoms with Crippen LogP contribution in [0.1, 0.15) is 42.3 Å². The predicted molar refractivity (Wildman–Crippen MR) is 78.9 cm³/mol. The Hall–Kier alpha value is -1.34. The molecule has 4 N–H and O–H groups in total. The maximum absolute atomic E-state index is 12.4. The number of carbonyl (C=O) groups is 1. The zero-order chi connectivity index (χ0) is 14.3. The third-order valence-electron chi connectivity index (χ3n) is 4.02. The maximum Gasteiger partial charge on any atom is 0.267 e. The molecule has 0 aromatic carbocycles. The van der Waals surface area contributed by atoms with E-state index in [1.807, 2.05) is 0 Å². The van der Waals surface area contributed by atoms with Gasteiger partial charge in [-0.2, -0.15) is 0 Å². The van der Waals surface area contributed by atoms with E-state index in [0.29, 0.717) is 30.4 Å². The molecule has 7 heteroatoms. The largest absolute Gasteiger partial charge is 0.388 e. The van der Waals surface area contributed by atoms with Gasteiger partial charge in [0.05, 0.1) is 5.60 Å². The first-order chi connectivity index (χ1) is 9.44. The minimum atomic E-state index is -0.790.